The normalized spacial score (nSPS) is 24.1. The lowest BCUT2D eigenvalue weighted by Crippen LogP contribution is -2.30. The van der Waals surface area contributed by atoms with Crippen molar-refractivity contribution in [2.24, 2.45) is 5.92 Å². The van der Waals surface area contributed by atoms with E-state index in [-0.39, 0.29) is 0 Å². The average molecular weight is 260 g/mol. The third-order valence-electron chi connectivity index (χ3n) is 3.70. The largest absolute Gasteiger partial charge is 0.387 e. The zero-order valence-corrected chi connectivity index (χ0v) is 11.2. The van der Waals surface area contributed by atoms with Gasteiger partial charge in [-0.3, -0.25) is 0 Å². The quantitative estimate of drug-likeness (QED) is 0.844. The van der Waals surface area contributed by atoms with E-state index in [2.05, 4.69) is 18.3 Å². The summed E-state index contributed by atoms with van der Waals surface area (Å²) in [5, 5.41) is 22.1. The fourth-order valence-corrected chi connectivity index (χ4v) is 2.35. The SMILES string of the molecule is CC1OCCC1CNCC(O)c1ccc(C#N)cc1. The Morgan fingerprint density at radius 3 is 2.79 bits per heavy atom. The second kappa shape index (κ2) is 6.67. The van der Waals surface area contributed by atoms with Crippen LogP contribution >= 0.6 is 0 Å². The second-order valence-corrected chi connectivity index (χ2v) is 5.03. The lowest BCUT2D eigenvalue weighted by atomic mass is 10.0. The lowest BCUT2D eigenvalue weighted by molar-refractivity contribution is 0.103. The molecule has 0 aromatic heterocycles. The zero-order valence-electron chi connectivity index (χ0n) is 11.2. The van der Waals surface area contributed by atoms with E-state index in [1.165, 1.54) is 0 Å². The molecule has 0 amide bonds. The molecule has 1 aromatic rings. The van der Waals surface area contributed by atoms with Gasteiger partial charge in [-0.05, 0) is 37.0 Å². The van der Waals surface area contributed by atoms with Crippen molar-refractivity contribution in [3.63, 3.8) is 0 Å². The maximum atomic E-state index is 10.0. The molecule has 1 aromatic carbocycles. The molecule has 4 heteroatoms. The van der Waals surface area contributed by atoms with Crippen LogP contribution in [0.25, 0.3) is 0 Å². The van der Waals surface area contributed by atoms with Crippen LogP contribution in [-0.4, -0.2) is 30.9 Å². The molecule has 4 nitrogen and oxygen atoms in total. The molecule has 0 aliphatic carbocycles. The number of hydrogen-bond donors (Lipinski definition) is 2. The molecule has 1 aliphatic rings. The van der Waals surface area contributed by atoms with Gasteiger partial charge in [-0.2, -0.15) is 5.26 Å². The van der Waals surface area contributed by atoms with Crippen molar-refractivity contribution in [3.05, 3.63) is 35.4 Å². The molecule has 102 valence electrons. The first kappa shape index (κ1) is 14.0. The summed E-state index contributed by atoms with van der Waals surface area (Å²) in [5.74, 6) is 0.535. The smallest absolute Gasteiger partial charge is 0.0991 e. The van der Waals surface area contributed by atoms with Crippen LogP contribution in [0.1, 0.15) is 30.6 Å². The van der Waals surface area contributed by atoms with Gasteiger partial charge < -0.3 is 15.2 Å². The monoisotopic (exact) mass is 260 g/mol. The molecular formula is C15H20N2O2. The number of benzene rings is 1. The molecule has 1 fully saturated rings. The Morgan fingerprint density at radius 2 is 2.21 bits per heavy atom. The molecule has 0 radical (unpaired) electrons. The van der Waals surface area contributed by atoms with Crippen molar-refractivity contribution in [1.82, 2.24) is 5.32 Å². The van der Waals surface area contributed by atoms with E-state index in [0.29, 0.717) is 24.1 Å². The van der Waals surface area contributed by atoms with E-state index >= 15 is 0 Å². The Morgan fingerprint density at radius 1 is 1.47 bits per heavy atom. The summed E-state index contributed by atoms with van der Waals surface area (Å²) in [5.41, 5.74) is 1.45. The van der Waals surface area contributed by atoms with Crippen molar-refractivity contribution < 1.29 is 9.84 Å². The highest BCUT2D eigenvalue weighted by atomic mass is 16.5. The van der Waals surface area contributed by atoms with Crippen molar-refractivity contribution in [1.29, 1.82) is 5.26 Å². The van der Waals surface area contributed by atoms with Crippen molar-refractivity contribution in [2.45, 2.75) is 25.6 Å². The molecule has 3 atom stereocenters. The van der Waals surface area contributed by atoms with Crippen molar-refractivity contribution in [2.75, 3.05) is 19.7 Å². The van der Waals surface area contributed by atoms with Crippen LogP contribution in [0.3, 0.4) is 0 Å². The number of rotatable bonds is 5. The van der Waals surface area contributed by atoms with Crippen LogP contribution < -0.4 is 5.32 Å². The van der Waals surface area contributed by atoms with E-state index in [9.17, 15) is 5.11 Å². The third kappa shape index (κ3) is 3.77. The summed E-state index contributed by atoms with van der Waals surface area (Å²) in [6.07, 6.45) is 0.853. The van der Waals surface area contributed by atoms with Gasteiger partial charge in [-0.15, -0.1) is 0 Å². The summed E-state index contributed by atoms with van der Waals surface area (Å²) in [4.78, 5) is 0. The molecule has 1 heterocycles. The van der Waals surface area contributed by atoms with Crippen LogP contribution in [-0.2, 0) is 4.74 Å². The number of hydrogen-bond acceptors (Lipinski definition) is 4. The van der Waals surface area contributed by atoms with Gasteiger partial charge in [0.15, 0.2) is 0 Å². The van der Waals surface area contributed by atoms with Gasteiger partial charge in [-0.1, -0.05) is 12.1 Å². The minimum Gasteiger partial charge on any atom is -0.387 e. The molecule has 3 unspecified atom stereocenters. The highest BCUT2D eigenvalue weighted by Gasteiger charge is 2.23. The first-order valence-corrected chi connectivity index (χ1v) is 6.71. The summed E-state index contributed by atoms with van der Waals surface area (Å²) >= 11 is 0. The van der Waals surface area contributed by atoms with Gasteiger partial charge in [0.2, 0.25) is 0 Å². The zero-order chi connectivity index (χ0) is 13.7. The number of ether oxygens (including phenoxy) is 1. The third-order valence-corrected chi connectivity index (χ3v) is 3.70. The van der Waals surface area contributed by atoms with Gasteiger partial charge >= 0.3 is 0 Å². The molecule has 2 rings (SSSR count). The molecule has 0 saturated carbocycles. The number of aliphatic hydroxyl groups is 1. The lowest BCUT2D eigenvalue weighted by Gasteiger charge is -2.17. The van der Waals surface area contributed by atoms with E-state index in [1.807, 2.05) is 0 Å². The van der Waals surface area contributed by atoms with Gasteiger partial charge in [0.25, 0.3) is 0 Å². The molecule has 2 N–H and O–H groups in total. The van der Waals surface area contributed by atoms with Crippen molar-refractivity contribution in [3.8, 4) is 6.07 Å². The Labute approximate surface area is 114 Å². The Kier molecular flexibility index (Phi) is 4.92. The van der Waals surface area contributed by atoms with Crippen LogP contribution in [0.4, 0.5) is 0 Å². The van der Waals surface area contributed by atoms with E-state index < -0.39 is 6.10 Å². The predicted octanol–water partition coefficient (Wildman–Crippen LogP) is 1.61. The van der Waals surface area contributed by atoms with Crippen molar-refractivity contribution >= 4 is 0 Å². The highest BCUT2D eigenvalue weighted by molar-refractivity contribution is 5.32. The second-order valence-electron chi connectivity index (χ2n) is 5.03. The van der Waals surface area contributed by atoms with Gasteiger partial charge in [0.1, 0.15) is 0 Å². The maximum Gasteiger partial charge on any atom is 0.0991 e. The van der Waals surface area contributed by atoms with E-state index in [1.54, 1.807) is 24.3 Å². The number of nitrogens with one attached hydrogen (secondary N) is 1. The predicted molar refractivity (Wildman–Crippen MR) is 72.5 cm³/mol. The minimum atomic E-state index is -0.537. The summed E-state index contributed by atoms with van der Waals surface area (Å²) in [6, 6.07) is 9.12. The molecular weight excluding hydrogens is 240 g/mol. The first-order chi connectivity index (χ1) is 9.20. The topological polar surface area (TPSA) is 65.3 Å². The summed E-state index contributed by atoms with van der Waals surface area (Å²) in [7, 11) is 0. The number of nitrogens with zero attached hydrogens (tertiary/aromatic N) is 1. The summed E-state index contributed by atoms with van der Waals surface area (Å²) in [6.45, 7) is 4.33. The number of nitriles is 1. The average Bonchev–Trinajstić information content (AvgIpc) is 2.84. The van der Waals surface area contributed by atoms with Gasteiger partial charge in [0.05, 0.1) is 23.8 Å². The Bertz CT molecular complexity index is 438. The summed E-state index contributed by atoms with van der Waals surface area (Å²) < 4.78 is 5.50. The minimum absolute atomic E-state index is 0.305. The Balaban J connectivity index is 1.77. The maximum absolute atomic E-state index is 10.0. The van der Waals surface area contributed by atoms with E-state index in [4.69, 9.17) is 10.00 Å². The molecule has 0 bridgehead atoms. The first-order valence-electron chi connectivity index (χ1n) is 6.71. The fourth-order valence-electron chi connectivity index (χ4n) is 2.35. The van der Waals surface area contributed by atoms with Crippen LogP contribution in [0.2, 0.25) is 0 Å². The van der Waals surface area contributed by atoms with Crippen LogP contribution in [0.15, 0.2) is 24.3 Å². The van der Waals surface area contributed by atoms with Crippen LogP contribution in [0, 0.1) is 17.2 Å². The standard InChI is InChI=1S/C15H20N2O2/c1-11-14(6-7-19-11)9-17-10-15(18)13-4-2-12(8-16)3-5-13/h2-5,11,14-15,17-18H,6-7,9-10H2,1H3. The van der Waals surface area contributed by atoms with Crippen LogP contribution in [0.5, 0.6) is 0 Å². The van der Waals surface area contributed by atoms with E-state index in [0.717, 1.165) is 25.1 Å². The Hall–Kier alpha value is -1.41. The molecule has 0 spiro atoms. The fraction of sp³-hybridized carbons (Fsp3) is 0.533. The number of aliphatic hydroxyl groups excluding tert-OH is 1. The van der Waals surface area contributed by atoms with Gasteiger partial charge in [-0.25, -0.2) is 0 Å². The van der Waals surface area contributed by atoms with Gasteiger partial charge in [0, 0.05) is 19.7 Å². The molecule has 1 aliphatic heterocycles. The molecule has 19 heavy (non-hydrogen) atoms. The highest BCUT2D eigenvalue weighted by Crippen LogP contribution is 2.19. The molecule has 1 saturated heterocycles.